The number of aromatic nitrogens is 2. The van der Waals surface area contributed by atoms with Crippen LogP contribution in [0.4, 0.5) is 4.79 Å². The first-order chi connectivity index (χ1) is 13.5. The van der Waals surface area contributed by atoms with Crippen molar-refractivity contribution in [3.8, 4) is 0 Å². The minimum absolute atomic E-state index is 0.136. The third kappa shape index (κ3) is 4.36. The Bertz CT molecular complexity index is 930. The van der Waals surface area contributed by atoms with Gasteiger partial charge in [-0.25, -0.2) is 9.78 Å². The third-order valence-corrected chi connectivity index (χ3v) is 5.53. The molecule has 8 nitrogen and oxygen atoms in total. The highest BCUT2D eigenvalue weighted by atomic mass is 32.2. The lowest BCUT2D eigenvalue weighted by Crippen LogP contribution is -2.39. The van der Waals surface area contributed by atoms with Crippen LogP contribution < -0.4 is 10.9 Å². The Labute approximate surface area is 167 Å². The second kappa shape index (κ2) is 9.20. The standard InChI is InChI=1S/C19H24N4O4S/c1-3-27-12-6-10-23-17(25)14-7-4-5-8-15(14)21-19(23)28-13(2)16(24)22-11-9-20-18(22)26/h4-5,7-8,13H,3,6,9-12H2,1-2H3,(H,20,26)/t13-/m1/s1. The van der Waals surface area contributed by atoms with E-state index in [1.165, 1.54) is 16.7 Å². The number of rotatable bonds is 8. The lowest BCUT2D eigenvalue weighted by molar-refractivity contribution is -0.126. The van der Waals surface area contributed by atoms with Crippen molar-refractivity contribution >= 4 is 34.6 Å². The number of hydrogen-bond donors (Lipinski definition) is 1. The zero-order valence-electron chi connectivity index (χ0n) is 16.0. The fourth-order valence-electron chi connectivity index (χ4n) is 3.01. The molecule has 1 fully saturated rings. The maximum Gasteiger partial charge on any atom is 0.324 e. The van der Waals surface area contributed by atoms with E-state index in [1.54, 1.807) is 29.7 Å². The fraction of sp³-hybridized carbons (Fsp3) is 0.474. The molecule has 0 bridgehead atoms. The number of para-hydroxylation sites is 1. The molecule has 1 aliphatic rings. The number of nitrogens with one attached hydrogen (secondary N) is 1. The number of thioether (sulfide) groups is 1. The van der Waals surface area contributed by atoms with Gasteiger partial charge in [-0.1, -0.05) is 23.9 Å². The molecule has 9 heteroatoms. The Morgan fingerprint density at radius 3 is 2.86 bits per heavy atom. The summed E-state index contributed by atoms with van der Waals surface area (Å²) in [5.74, 6) is -0.289. The number of fused-ring (bicyclic) bond motifs is 1. The number of carbonyl (C=O) groups is 2. The fourth-order valence-corrected chi connectivity index (χ4v) is 4.01. The molecule has 0 aliphatic carbocycles. The molecule has 28 heavy (non-hydrogen) atoms. The van der Waals surface area contributed by atoms with Crippen molar-refractivity contribution in [1.29, 1.82) is 0 Å². The SMILES string of the molecule is CCOCCCn1c(S[C@H](C)C(=O)N2CCNC2=O)nc2ccccc2c1=O. The van der Waals surface area contributed by atoms with Gasteiger partial charge in [-0.2, -0.15) is 0 Å². The molecule has 0 unspecified atom stereocenters. The summed E-state index contributed by atoms with van der Waals surface area (Å²) in [6.07, 6.45) is 0.665. The van der Waals surface area contributed by atoms with E-state index < -0.39 is 5.25 Å². The third-order valence-electron chi connectivity index (χ3n) is 4.45. The van der Waals surface area contributed by atoms with Crippen molar-refractivity contribution in [2.75, 3.05) is 26.3 Å². The normalized spacial score (nSPS) is 15.1. The molecule has 1 N–H and O–H groups in total. The minimum atomic E-state index is -0.546. The Hall–Kier alpha value is -2.39. The predicted molar refractivity (Wildman–Crippen MR) is 108 cm³/mol. The Kier molecular flexibility index (Phi) is 6.69. The van der Waals surface area contributed by atoms with E-state index in [9.17, 15) is 14.4 Å². The van der Waals surface area contributed by atoms with Gasteiger partial charge in [0, 0.05) is 32.8 Å². The van der Waals surface area contributed by atoms with E-state index in [2.05, 4.69) is 10.3 Å². The van der Waals surface area contributed by atoms with Crippen LogP contribution >= 0.6 is 11.8 Å². The first-order valence-electron chi connectivity index (χ1n) is 9.36. The number of amides is 3. The molecule has 150 valence electrons. The van der Waals surface area contributed by atoms with Crippen molar-refractivity contribution in [3.63, 3.8) is 0 Å². The number of imide groups is 1. The van der Waals surface area contributed by atoms with Gasteiger partial charge in [-0.15, -0.1) is 0 Å². The highest BCUT2D eigenvalue weighted by Gasteiger charge is 2.31. The van der Waals surface area contributed by atoms with Crippen LogP contribution in [-0.2, 0) is 16.1 Å². The summed E-state index contributed by atoms with van der Waals surface area (Å²) in [6, 6.07) is 6.79. The van der Waals surface area contributed by atoms with Gasteiger partial charge < -0.3 is 10.1 Å². The number of urea groups is 1. The summed E-state index contributed by atoms with van der Waals surface area (Å²) in [7, 11) is 0. The van der Waals surface area contributed by atoms with Crippen molar-refractivity contribution in [2.24, 2.45) is 0 Å². The highest BCUT2D eigenvalue weighted by Crippen LogP contribution is 2.24. The summed E-state index contributed by atoms with van der Waals surface area (Å²) >= 11 is 1.20. The number of hydrogen-bond acceptors (Lipinski definition) is 6. The molecular formula is C19H24N4O4S. The number of carbonyl (C=O) groups excluding carboxylic acids is 2. The molecule has 1 atom stereocenters. The molecule has 0 radical (unpaired) electrons. The first kappa shape index (κ1) is 20.3. The van der Waals surface area contributed by atoms with Crippen LogP contribution in [0.15, 0.2) is 34.2 Å². The largest absolute Gasteiger partial charge is 0.382 e. The van der Waals surface area contributed by atoms with Crippen molar-refractivity contribution in [1.82, 2.24) is 19.8 Å². The first-order valence-corrected chi connectivity index (χ1v) is 10.2. The van der Waals surface area contributed by atoms with Crippen LogP contribution in [0.3, 0.4) is 0 Å². The quantitative estimate of drug-likeness (QED) is 0.410. The smallest absolute Gasteiger partial charge is 0.324 e. The second-order valence-corrected chi connectivity index (χ2v) is 7.71. The van der Waals surface area contributed by atoms with E-state index in [0.29, 0.717) is 55.3 Å². The molecular weight excluding hydrogens is 380 g/mol. The highest BCUT2D eigenvalue weighted by molar-refractivity contribution is 8.00. The number of ether oxygens (including phenoxy) is 1. The lowest BCUT2D eigenvalue weighted by Gasteiger charge is -2.19. The van der Waals surface area contributed by atoms with Gasteiger partial charge in [0.15, 0.2) is 5.16 Å². The van der Waals surface area contributed by atoms with Crippen molar-refractivity contribution < 1.29 is 14.3 Å². The summed E-state index contributed by atoms with van der Waals surface area (Å²) in [4.78, 5) is 43.2. The van der Waals surface area contributed by atoms with Gasteiger partial charge in [0.2, 0.25) is 5.91 Å². The molecule has 1 aromatic heterocycles. The Morgan fingerprint density at radius 2 is 2.14 bits per heavy atom. The molecule has 3 amide bonds. The van der Waals surface area contributed by atoms with E-state index in [0.717, 1.165) is 0 Å². The summed E-state index contributed by atoms with van der Waals surface area (Å²) < 4.78 is 6.97. The van der Waals surface area contributed by atoms with Crippen molar-refractivity contribution in [3.05, 3.63) is 34.6 Å². The van der Waals surface area contributed by atoms with E-state index in [1.807, 2.05) is 13.0 Å². The van der Waals surface area contributed by atoms with Crippen LogP contribution in [0.25, 0.3) is 10.9 Å². The topological polar surface area (TPSA) is 93.5 Å². The van der Waals surface area contributed by atoms with Gasteiger partial charge in [0.1, 0.15) is 0 Å². The van der Waals surface area contributed by atoms with Gasteiger partial charge in [0.05, 0.1) is 16.2 Å². The summed E-state index contributed by atoms with van der Waals surface area (Å²) in [5, 5.41) is 3.10. The molecule has 1 aromatic carbocycles. The average molecular weight is 404 g/mol. The van der Waals surface area contributed by atoms with Crippen molar-refractivity contribution in [2.45, 2.75) is 37.2 Å². The molecule has 1 saturated heterocycles. The van der Waals surface area contributed by atoms with Crippen LogP contribution in [-0.4, -0.2) is 57.9 Å². The molecule has 3 rings (SSSR count). The van der Waals surface area contributed by atoms with Crippen LogP contribution in [0.5, 0.6) is 0 Å². The maximum atomic E-state index is 13.0. The van der Waals surface area contributed by atoms with Gasteiger partial charge in [-0.05, 0) is 32.4 Å². The number of benzene rings is 1. The number of nitrogens with zero attached hydrogens (tertiary/aromatic N) is 3. The summed E-state index contributed by atoms with van der Waals surface area (Å²) in [6.45, 7) is 6.08. The Balaban J connectivity index is 1.88. The van der Waals surface area contributed by atoms with Gasteiger partial charge >= 0.3 is 6.03 Å². The van der Waals surface area contributed by atoms with Crippen LogP contribution in [0.2, 0.25) is 0 Å². The van der Waals surface area contributed by atoms with Crippen LogP contribution in [0, 0.1) is 0 Å². The zero-order valence-corrected chi connectivity index (χ0v) is 16.8. The molecule has 2 aromatic rings. The molecule has 2 heterocycles. The minimum Gasteiger partial charge on any atom is -0.382 e. The van der Waals surface area contributed by atoms with E-state index in [-0.39, 0.29) is 17.5 Å². The van der Waals surface area contributed by atoms with Gasteiger partial charge in [-0.3, -0.25) is 19.1 Å². The Morgan fingerprint density at radius 1 is 1.36 bits per heavy atom. The van der Waals surface area contributed by atoms with E-state index in [4.69, 9.17) is 4.74 Å². The van der Waals surface area contributed by atoms with Gasteiger partial charge in [0.25, 0.3) is 5.56 Å². The predicted octanol–water partition coefficient (Wildman–Crippen LogP) is 1.86. The summed E-state index contributed by atoms with van der Waals surface area (Å²) in [5.41, 5.74) is 0.456. The second-order valence-electron chi connectivity index (χ2n) is 6.40. The van der Waals surface area contributed by atoms with Crippen LogP contribution in [0.1, 0.15) is 20.3 Å². The van der Waals surface area contributed by atoms with E-state index >= 15 is 0 Å². The lowest BCUT2D eigenvalue weighted by atomic mass is 10.2. The molecule has 1 aliphatic heterocycles. The molecule has 0 saturated carbocycles. The molecule has 0 spiro atoms. The maximum absolute atomic E-state index is 13.0. The monoisotopic (exact) mass is 404 g/mol. The average Bonchev–Trinajstić information content (AvgIpc) is 3.12. The zero-order chi connectivity index (χ0) is 20.1.